The lowest BCUT2D eigenvalue weighted by Gasteiger charge is -2.19. The van der Waals surface area contributed by atoms with Gasteiger partial charge in [0, 0.05) is 11.3 Å². The molecule has 9 rings (SSSR count). The third kappa shape index (κ3) is 4.15. The third-order valence-corrected chi connectivity index (χ3v) is 9.30. The predicted molar refractivity (Wildman–Crippen MR) is 195 cm³/mol. The van der Waals surface area contributed by atoms with Crippen molar-refractivity contribution < 1.29 is 0 Å². The van der Waals surface area contributed by atoms with Gasteiger partial charge in [0.2, 0.25) is 0 Å². The van der Waals surface area contributed by atoms with Gasteiger partial charge in [-0.1, -0.05) is 133 Å². The largest absolute Gasteiger partial charge is 0.292 e. The highest BCUT2D eigenvalue weighted by Crippen LogP contribution is 2.45. The molecule has 1 heterocycles. The van der Waals surface area contributed by atoms with E-state index in [2.05, 4.69) is 169 Å². The monoisotopic (exact) mass is 586 g/mol. The van der Waals surface area contributed by atoms with Crippen LogP contribution < -0.4 is 0 Å². The third-order valence-electron chi connectivity index (χ3n) is 9.30. The molecule has 0 bridgehead atoms. The van der Waals surface area contributed by atoms with Gasteiger partial charge in [0.15, 0.2) is 0 Å². The Morgan fingerprint density at radius 1 is 0.457 bits per heavy atom. The average molecular weight is 587 g/mol. The lowest BCUT2D eigenvalue weighted by Crippen LogP contribution is -1.98. The van der Waals surface area contributed by atoms with Crippen molar-refractivity contribution in [3.05, 3.63) is 169 Å². The number of fused-ring (bicyclic) bond motifs is 4. The zero-order valence-electron chi connectivity index (χ0n) is 25.5. The molecule has 0 atom stereocenters. The van der Waals surface area contributed by atoms with E-state index in [4.69, 9.17) is 4.98 Å². The number of benzene rings is 8. The summed E-state index contributed by atoms with van der Waals surface area (Å²) in [6.07, 6.45) is 0. The number of imidazole rings is 1. The number of aromatic nitrogens is 2. The fraction of sp³-hybridized carbons (Fsp3) is 0.0227. The Hall–Kier alpha value is -5.99. The lowest BCUT2D eigenvalue weighted by molar-refractivity contribution is 1.10. The molecule has 2 nitrogen and oxygen atoms in total. The van der Waals surface area contributed by atoms with Crippen LogP contribution in [0.4, 0.5) is 0 Å². The van der Waals surface area contributed by atoms with E-state index in [-0.39, 0.29) is 0 Å². The Morgan fingerprint density at radius 2 is 1.00 bits per heavy atom. The Kier molecular flexibility index (Phi) is 6.07. The van der Waals surface area contributed by atoms with Gasteiger partial charge in [-0.25, -0.2) is 4.98 Å². The smallest absolute Gasteiger partial charge is 0.145 e. The molecule has 0 fully saturated rings. The van der Waals surface area contributed by atoms with E-state index < -0.39 is 0 Å². The highest BCUT2D eigenvalue weighted by atomic mass is 15.1. The van der Waals surface area contributed by atoms with Crippen LogP contribution in [-0.2, 0) is 0 Å². The highest BCUT2D eigenvalue weighted by molar-refractivity contribution is 6.22. The molecular formula is C44H30N2. The van der Waals surface area contributed by atoms with E-state index in [0.717, 1.165) is 28.1 Å². The molecule has 9 aromatic rings. The summed E-state index contributed by atoms with van der Waals surface area (Å²) in [4.78, 5) is 5.05. The first-order valence-corrected chi connectivity index (χ1v) is 15.8. The van der Waals surface area contributed by atoms with Crippen LogP contribution in [0.1, 0.15) is 5.56 Å². The second-order valence-electron chi connectivity index (χ2n) is 12.0. The summed E-state index contributed by atoms with van der Waals surface area (Å²) in [6.45, 7) is 2.24. The molecule has 0 saturated heterocycles. The maximum absolute atomic E-state index is 5.05. The van der Waals surface area contributed by atoms with Crippen molar-refractivity contribution in [2.24, 2.45) is 0 Å². The fourth-order valence-electron chi connectivity index (χ4n) is 7.20. The second kappa shape index (κ2) is 10.6. The van der Waals surface area contributed by atoms with Crippen LogP contribution in [0.2, 0.25) is 0 Å². The van der Waals surface area contributed by atoms with Crippen molar-refractivity contribution in [2.45, 2.75) is 6.92 Å². The Balaban J connectivity index is 1.27. The summed E-state index contributed by atoms with van der Waals surface area (Å²) in [7, 11) is 0. The van der Waals surface area contributed by atoms with E-state index in [1.165, 1.54) is 60.1 Å². The number of para-hydroxylation sites is 2. The van der Waals surface area contributed by atoms with E-state index in [0.29, 0.717) is 0 Å². The Morgan fingerprint density at radius 3 is 1.67 bits per heavy atom. The summed E-state index contributed by atoms with van der Waals surface area (Å²) < 4.78 is 2.27. The number of rotatable bonds is 4. The van der Waals surface area contributed by atoms with Crippen LogP contribution in [0, 0.1) is 6.92 Å². The molecule has 8 aromatic carbocycles. The molecule has 0 saturated carbocycles. The van der Waals surface area contributed by atoms with Crippen molar-refractivity contribution in [1.82, 2.24) is 9.55 Å². The van der Waals surface area contributed by atoms with Crippen molar-refractivity contribution in [3.8, 4) is 39.3 Å². The molecular weight excluding hydrogens is 556 g/mol. The SMILES string of the molecule is Cc1cc2ccccc2cc1-c1c2ccccc2c(-c2ccc(-n3c(-c4ccccc4)nc4ccccc43)cc2)c2ccccc12. The summed E-state index contributed by atoms with van der Waals surface area (Å²) >= 11 is 0. The van der Waals surface area contributed by atoms with Gasteiger partial charge in [-0.2, -0.15) is 0 Å². The van der Waals surface area contributed by atoms with Crippen LogP contribution in [0.3, 0.4) is 0 Å². The molecule has 0 N–H and O–H groups in total. The van der Waals surface area contributed by atoms with Gasteiger partial charge >= 0.3 is 0 Å². The van der Waals surface area contributed by atoms with Crippen LogP contribution in [0.15, 0.2) is 164 Å². The predicted octanol–water partition coefficient (Wildman–Crippen LogP) is 11.8. The normalized spacial score (nSPS) is 11.6. The molecule has 0 amide bonds. The van der Waals surface area contributed by atoms with Gasteiger partial charge < -0.3 is 0 Å². The highest BCUT2D eigenvalue weighted by Gasteiger charge is 2.19. The molecule has 0 spiro atoms. The first kappa shape index (κ1) is 26.4. The molecule has 46 heavy (non-hydrogen) atoms. The summed E-state index contributed by atoms with van der Waals surface area (Å²) in [5.41, 5.74) is 10.6. The average Bonchev–Trinajstić information content (AvgIpc) is 3.51. The number of aryl methyl sites for hydroxylation is 1. The molecule has 0 aliphatic heterocycles. The zero-order valence-corrected chi connectivity index (χ0v) is 25.5. The van der Waals surface area contributed by atoms with E-state index in [1.807, 2.05) is 6.07 Å². The first-order valence-electron chi connectivity index (χ1n) is 15.8. The second-order valence-corrected chi connectivity index (χ2v) is 12.0. The minimum atomic E-state index is 0.945. The molecule has 1 aromatic heterocycles. The van der Waals surface area contributed by atoms with Crippen LogP contribution in [0.5, 0.6) is 0 Å². The van der Waals surface area contributed by atoms with Crippen molar-refractivity contribution in [3.63, 3.8) is 0 Å². The van der Waals surface area contributed by atoms with Crippen LogP contribution in [0.25, 0.3) is 82.7 Å². The molecule has 0 radical (unpaired) electrons. The summed E-state index contributed by atoms with van der Waals surface area (Å²) in [6, 6.07) is 59.0. The first-order chi connectivity index (χ1) is 22.7. The standard InChI is InChI=1S/C44H30N2/c1-29-27-32-15-5-6-16-33(32)28-39(29)43-37-19-9-7-17-35(37)42(36-18-8-10-20-38(36)43)30-23-25-34(26-24-30)46-41-22-12-11-21-40(41)45-44(46)31-13-3-2-4-14-31/h2-28H,1H3. The molecule has 0 aliphatic carbocycles. The van der Waals surface area contributed by atoms with Gasteiger partial charge in [0.1, 0.15) is 5.82 Å². The van der Waals surface area contributed by atoms with Gasteiger partial charge in [-0.05, 0) is 97.4 Å². The van der Waals surface area contributed by atoms with Gasteiger partial charge in [-0.3, -0.25) is 4.57 Å². The number of hydrogen-bond donors (Lipinski definition) is 0. The lowest BCUT2D eigenvalue weighted by atomic mass is 9.84. The molecule has 0 unspecified atom stereocenters. The van der Waals surface area contributed by atoms with E-state index >= 15 is 0 Å². The van der Waals surface area contributed by atoms with Gasteiger partial charge in [0.05, 0.1) is 11.0 Å². The maximum Gasteiger partial charge on any atom is 0.145 e. The maximum atomic E-state index is 5.05. The fourth-order valence-corrected chi connectivity index (χ4v) is 7.20. The summed E-state index contributed by atoms with van der Waals surface area (Å²) in [5.74, 6) is 0.945. The number of hydrogen-bond acceptors (Lipinski definition) is 1. The van der Waals surface area contributed by atoms with Gasteiger partial charge in [-0.15, -0.1) is 0 Å². The minimum Gasteiger partial charge on any atom is -0.292 e. The molecule has 216 valence electrons. The van der Waals surface area contributed by atoms with Crippen molar-refractivity contribution in [2.75, 3.05) is 0 Å². The summed E-state index contributed by atoms with van der Waals surface area (Å²) in [5, 5.41) is 7.59. The van der Waals surface area contributed by atoms with E-state index in [9.17, 15) is 0 Å². The van der Waals surface area contributed by atoms with Crippen molar-refractivity contribution >= 4 is 43.4 Å². The quantitative estimate of drug-likeness (QED) is 0.188. The Bertz CT molecular complexity index is 2520. The zero-order chi connectivity index (χ0) is 30.6. The Labute approximate surface area is 267 Å². The molecule has 0 aliphatic rings. The number of nitrogens with zero attached hydrogens (tertiary/aromatic N) is 2. The molecule has 2 heteroatoms. The minimum absolute atomic E-state index is 0.945. The topological polar surface area (TPSA) is 17.8 Å². The van der Waals surface area contributed by atoms with Gasteiger partial charge in [0.25, 0.3) is 0 Å². The van der Waals surface area contributed by atoms with Crippen LogP contribution >= 0.6 is 0 Å². The van der Waals surface area contributed by atoms with E-state index in [1.54, 1.807) is 0 Å². The van der Waals surface area contributed by atoms with Crippen LogP contribution in [-0.4, -0.2) is 9.55 Å². The van der Waals surface area contributed by atoms with Crippen molar-refractivity contribution in [1.29, 1.82) is 0 Å².